The summed E-state index contributed by atoms with van der Waals surface area (Å²) in [6.07, 6.45) is 1.79. The van der Waals surface area contributed by atoms with Crippen LogP contribution in [0.15, 0.2) is 23.2 Å². The number of anilines is 1. The lowest BCUT2D eigenvalue weighted by Crippen LogP contribution is -2.22. The molecule has 0 aliphatic heterocycles. The van der Waals surface area contributed by atoms with Gasteiger partial charge in [-0.1, -0.05) is 13.8 Å². The number of nitrogens with zero attached hydrogens (tertiary/aromatic N) is 3. The zero-order valence-electron chi connectivity index (χ0n) is 16.0. The third-order valence-corrected chi connectivity index (χ3v) is 4.09. The first-order valence-corrected chi connectivity index (χ1v) is 8.36. The number of rotatable bonds is 7. The van der Waals surface area contributed by atoms with E-state index in [4.69, 9.17) is 15.2 Å². The van der Waals surface area contributed by atoms with E-state index in [1.807, 2.05) is 29.9 Å². The number of nitrogens with two attached hydrogens (primary N) is 1. The SMILES string of the molecule is CCc1nn(C)c(CC)c1CN=C(N)Nc1ccc(OC)c(OC)c1.I. The van der Waals surface area contributed by atoms with Gasteiger partial charge in [-0.25, -0.2) is 4.99 Å². The quantitative estimate of drug-likeness (QED) is 0.367. The number of halogens is 1. The molecule has 0 amide bonds. The molecule has 1 heterocycles. The highest BCUT2D eigenvalue weighted by atomic mass is 127. The summed E-state index contributed by atoms with van der Waals surface area (Å²) in [5.74, 6) is 1.65. The predicted molar refractivity (Wildman–Crippen MR) is 116 cm³/mol. The Morgan fingerprint density at radius 3 is 2.46 bits per heavy atom. The number of guanidine groups is 1. The number of benzene rings is 1. The van der Waals surface area contributed by atoms with Crippen molar-refractivity contribution >= 4 is 35.6 Å². The summed E-state index contributed by atoms with van der Waals surface area (Å²) in [5.41, 5.74) is 10.3. The van der Waals surface area contributed by atoms with Gasteiger partial charge in [-0.15, -0.1) is 24.0 Å². The Hall–Kier alpha value is -1.97. The summed E-state index contributed by atoms with van der Waals surface area (Å²) in [6.45, 7) is 4.72. The fourth-order valence-electron chi connectivity index (χ4n) is 2.84. The first kappa shape index (κ1) is 22.1. The minimum atomic E-state index is 0. The van der Waals surface area contributed by atoms with Crippen LogP contribution in [0.1, 0.15) is 30.8 Å². The number of ether oxygens (including phenoxy) is 2. The Balaban J connectivity index is 0.00000338. The molecule has 0 spiro atoms. The van der Waals surface area contributed by atoms with Crippen LogP contribution in [-0.4, -0.2) is 30.0 Å². The number of hydrogen-bond donors (Lipinski definition) is 2. The molecule has 0 radical (unpaired) electrons. The van der Waals surface area contributed by atoms with E-state index >= 15 is 0 Å². The van der Waals surface area contributed by atoms with Crippen molar-refractivity contribution in [3.63, 3.8) is 0 Å². The molecule has 1 aromatic heterocycles. The highest BCUT2D eigenvalue weighted by Gasteiger charge is 2.13. The van der Waals surface area contributed by atoms with Gasteiger partial charge in [0, 0.05) is 30.1 Å². The molecule has 2 aromatic rings. The summed E-state index contributed by atoms with van der Waals surface area (Å²) in [7, 11) is 5.17. The molecule has 0 bridgehead atoms. The molecule has 0 aliphatic carbocycles. The van der Waals surface area contributed by atoms with Gasteiger partial charge in [-0.05, 0) is 25.0 Å². The third-order valence-electron chi connectivity index (χ3n) is 4.09. The summed E-state index contributed by atoms with van der Waals surface area (Å²) < 4.78 is 12.5. The maximum atomic E-state index is 6.05. The van der Waals surface area contributed by atoms with Crippen molar-refractivity contribution in [2.75, 3.05) is 19.5 Å². The highest BCUT2D eigenvalue weighted by molar-refractivity contribution is 14.0. The molecule has 0 fully saturated rings. The Kier molecular flexibility index (Phi) is 8.70. The van der Waals surface area contributed by atoms with Crippen LogP contribution in [0.5, 0.6) is 11.5 Å². The first-order valence-electron chi connectivity index (χ1n) is 8.36. The largest absolute Gasteiger partial charge is 0.493 e. The second-order valence-electron chi connectivity index (χ2n) is 5.60. The second-order valence-corrected chi connectivity index (χ2v) is 5.60. The number of aryl methyl sites for hydroxylation is 2. The average molecular weight is 473 g/mol. The Bertz CT molecular complexity index is 758. The monoisotopic (exact) mass is 473 g/mol. The summed E-state index contributed by atoms with van der Waals surface area (Å²) in [5, 5.41) is 7.64. The standard InChI is InChI=1S/C18H27N5O2.HI/c1-6-14-13(15(7-2)23(3)22-14)11-20-18(19)21-12-8-9-16(24-4)17(10-12)25-5;/h8-10H,6-7,11H2,1-5H3,(H3,19,20,21);1H. The van der Waals surface area contributed by atoms with Gasteiger partial charge in [-0.2, -0.15) is 5.10 Å². The normalized spacial score (nSPS) is 11.0. The van der Waals surface area contributed by atoms with E-state index in [-0.39, 0.29) is 24.0 Å². The average Bonchev–Trinajstić information content (AvgIpc) is 2.94. The lowest BCUT2D eigenvalue weighted by Gasteiger charge is -2.11. The highest BCUT2D eigenvalue weighted by Crippen LogP contribution is 2.29. The molecule has 3 N–H and O–H groups in total. The van der Waals surface area contributed by atoms with Crippen LogP contribution >= 0.6 is 24.0 Å². The Morgan fingerprint density at radius 1 is 1.19 bits per heavy atom. The second kappa shape index (κ2) is 10.2. The van der Waals surface area contributed by atoms with E-state index in [0.29, 0.717) is 24.0 Å². The smallest absolute Gasteiger partial charge is 0.193 e. The van der Waals surface area contributed by atoms with Gasteiger partial charge in [0.15, 0.2) is 17.5 Å². The molecular weight excluding hydrogens is 445 g/mol. The molecule has 7 nitrogen and oxygen atoms in total. The van der Waals surface area contributed by atoms with Crippen molar-refractivity contribution in [1.29, 1.82) is 0 Å². The van der Waals surface area contributed by atoms with E-state index < -0.39 is 0 Å². The third kappa shape index (κ3) is 5.03. The van der Waals surface area contributed by atoms with E-state index in [9.17, 15) is 0 Å². The van der Waals surface area contributed by atoms with E-state index in [0.717, 1.165) is 29.8 Å². The number of aliphatic imine (C=N–C) groups is 1. The van der Waals surface area contributed by atoms with Gasteiger partial charge in [0.05, 0.1) is 26.5 Å². The molecule has 0 aliphatic rings. The maximum absolute atomic E-state index is 6.05. The van der Waals surface area contributed by atoms with Crippen LogP contribution < -0.4 is 20.5 Å². The van der Waals surface area contributed by atoms with Crippen LogP contribution in [-0.2, 0) is 26.4 Å². The zero-order chi connectivity index (χ0) is 18.4. The molecule has 26 heavy (non-hydrogen) atoms. The molecule has 1 aromatic carbocycles. The van der Waals surface area contributed by atoms with Crippen LogP contribution in [0.25, 0.3) is 0 Å². The fraction of sp³-hybridized carbons (Fsp3) is 0.444. The van der Waals surface area contributed by atoms with Crippen molar-refractivity contribution in [3.8, 4) is 11.5 Å². The van der Waals surface area contributed by atoms with Gasteiger partial charge in [-0.3, -0.25) is 4.68 Å². The van der Waals surface area contributed by atoms with E-state index in [2.05, 4.69) is 29.3 Å². The molecule has 0 atom stereocenters. The van der Waals surface area contributed by atoms with Gasteiger partial charge >= 0.3 is 0 Å². The topological polar surface area (TPSA) is 86.7 Å². The molecular formula is C18H28IN5O2. The van der Waals surface area contributed by atoms with Crippen molar-refractivity contribution in [2.45, 2.75) is 33.2 Å². The molecule has 2 rings (SSSR count). The van der Waals surface area contributed by atoms with Crippen molar-refractivity contribution < 1.29 is 9.47 Å². The van der Waals surface area contributed by atoms with Crippen molar-refractivity contribution in [1.82, 2.24) is 9.78 Å². The lowest BCUT2D eigenvalue weighted by molar-refractivity contribution is 0.355. The predicted octanol–water partition coefficient (Wildman–Crippen LogP) is 3.11. The summed E-state index contributed by atoms with van der Waals surface area (Å²) in [4.78, 5) is 4.48. The molecule has 144 valence electrons. The summed E-state index contributed by atoms with van der Waals surface area (Å²) >= 11 is 0. The number of hydrogen-bond acceptors (Lipinski definition) is 4. The first-order chi connectivity index (χ1) is 12.0. The number of methoxy groups -OCH3 is 2. The number of nitrogens with one attached hydrogen (secondary N) is 1. The Labute approximate surface area is 172 Å². The molecule has 0 unspecified atom stereocenters. The molecule has 0 saturated heterocycles. The van der Waals surface area contributed by atoms with Gasteiger partial charge in [0.25, 0.3) is 0 Å². The lowest BCUT2D eigenvalue weighted by atomic mass is 10.1. The van der Waals surface area contributed by atoms with Gasteiger partial charge in [0.1, 0.15) is 0 Å². The maximum Gasteiger partial charge on any atom is 0.193 e. The van der Waals surface area contributed by atoms with Crippen LogP contribution in [0.3, 0.4) is 0 Å². The zero-order valence-corrected chi connectivity index (χ0v) is 18.3. The van der Waals surface area contributed by atoms with Crippen LogP contribution in [0.2, 0.25) is 0 Å². The summed E-state index contributed by atoms with van der Waals surface area (Å²) in [6, 6.07) is 5.50. The molecule has 8 heteroatoms. The molecule has 0 saturated carbocycles. The minimum absolute atomic E-state index is 0. The van der Waals surface area contributed by atoms with Crippen molar-refractivity contribution in [2.24, 2.45) is 17.8 Å². The fourth-order valence-corrected chi connectivity index (χ4v) is 2.84. The van der Waals surface area contributed by atoms with Gasteiger partial charge < -0.3 is 20.5 Å². The van der Waals surface area contributed by atoms with Crippen molar-refractivity contribution in [3.05, 3.63) is 35.2 Å². The van der Waals surface area contributed by atoms with Gasteiger partial charge in [0.2, 0.25) is 0 Å². The van der Waals surface area contributed by atoms with E-state index in [1.165, 1.54) is 5.69 Å². The number of aromatic nitrogens is 2. The van der Waals surface area contributed by atoms with Crippen LogP contribution in [0, 0.1) is 0 Å². The Morgan fingerprint density at radius 2 is 1.88 bits per heavy atom. The van der Waals surface area contributed by atoms with E-state index in [1.54, 1.807) is 14.2 Å². The minimum Gasteiger partial charge on any atom is -0.493 e. The van der Waals surface area contributed by atoms with Crippen LogP contribution in [0.4, 0.5) is 5.69 Å².